The van der Waals surface area contributed by atoms with Crippen LogP contribution in [0.4, 0.5) is 11.5 Å². The highest BCUT2D eigenvalue weighted by Crippen LogP contribution is 2.28. The van der Waals surface area contributed by atoms with E-state index in [0.717, 1.165) is 21.9 Å². The number of anilines is 2. The number of aromatic nitrogens is 2. The number of hydrogen-bond acceptors (Lipinski definition) is 4. The number of aryl methyl sites for hydroxylation is 1. The lowest BCUT2D eigenvalue weighted by Crippen LogP contribution is -1.97. The molecular formula is C13H12N4. The number of fused-ring (bicyclic) bond motifs is 3. The molecule has 2 aromatic heterocycles. The van der Waals surface area contributed by atoms with Crippen LogP contribution in [0.15, 0.2) is 30.5 Å². The van der Waals surface area contributed by atoms with Crippen LogP contribution in [0.2, 0.25) is 0 Å². The first kappa shape index (κ1) is 9.84. The number of nitrogen functional groups attached to an aromatic ring is 2. The summed E-state index contributed by atoms with van der Waals surface area (Å²) in [7, 11) is 0. The van der Waals surface area contributed by atoms with Crippen molar-refractivity contribution in [2.75, 3.05) is 11.5 Å². The van der Waals surface area contributed by atoms with Crippen LogP contribution in [0, 0.1) is 6.92 Å². The van der Waals surface area contributed by atoms with Gasteiger partial charge in [-0.15, -0.1) is 0 Å². The van der Waals surface area contributed by atoms with E-state index in [1.165, 1.54) is 0 Å². The number of nitrogens with zero attached hydrogens (tertiary/aromatic N) is 2. The highest BCUT2D eigenvalue weighted by molar-refractivity contribution is 6.08. The van der Waals surface area contributed by atoms with Gasteiger partial charge < -0.3 is 11.5 Å². The molecule has 0 aliphatic rings. The number of hydrogen-bond donors (Lipinski definition) is 2. The lowest BCUT2D eigenvalue weighted by Gasteiger charge is -2.06. The van der Waals surface area contributed by atoms with Gasteiger partial charge in [0.2, 0.25) is 0 Å². The SMILES string of the molecule is Cc1ccc2c(c1)nc(N)c1ncc(N)cc12. The van der Waals surface area contributed by atoms with Crippen molar-refractivity contribution in [1.82, 2.24) is 9.97 Å². The number of nitrogens with two attached hydrogens (primary N) is 2. The minimum atomic E-state index is 0.443. The number of rotatable bonds is 0. The smallest absolute Gasteiger partial charge is 0.150 e. The molecule has 3 aromatic rings. The Morgan fingerprint density at radius 2 is 1.88 bits per heavy atom. The molecule has 1 aromatic carbocycles. The zero-order valence-electron chi connectivity index (χ0n) is 9.44. The van der Waals surface area contributed by atoms with Crippen molar-refractivity contribution >= 4 is 33.3 Å². The molecular weight excluding hydrogens is 212 g/mol. The van der Waals surface area contributed by atoms with Crippen LogP contribution in [0.5, 0.6) is 0 Å². The molecule has 0 saturated carbocycles. The molecule has 84 valence electrons. The third kappa shape index (κ3) is 1.45. The van der Waals surface area contributed by atoms with E-state index in [-0.39, 0.29) is 0 Å². The summed E-state index contributed by atoms with van der Waals surface area (Å²) in [5, 5.41) is 1.98. The summed E-state index contributed by atoms with van der Waals surface area (Å²) in [6.45, 7) is 2.03. The molecule has 0 radical (unpaired) electrons. The van der Waals surface area contributed by atoms with Crippen LogP contribution >= 0.6 is 0 Å². The van der Waals surface area contributed by atoms with Crippen LogP contribution in [-0.4, -0.2) is 9.97 Å². The normalized spacial score (nSPS) is 11.1. The molecule has 0 atom stereocenters. The second-order valence-corrected chi connectivity index (χ2v) is 4.18. The van der Waals surface area contributed by atoms with Crippen molar-refractivity contribution in [3.63, 3.8) is 0 Å². The Morgan fingerprint density at radius 3 is 2.71 bits per heavy atom. The average molecular weight is 224 g/mol. The van der Waals surface area contributed by atoms with Gasteiger partial charge in [-0.3, -0.25) is 4.98 Å². The summed E-state index contributed by atoms with van der Waals surface area (Å²) in [6, 6.07) is 7.97. The van der Waals surface area contributed by atoms with E-state index in [1.54, 1.807) is 6.20 Å². The first-order chi connectivity index (χ1) is 8.15. The predicted molar refractivity (Wildman–Crippen MR) is 70.6 cm³/mol. The molecule has 4 nitrogen and oxygen atoms in total. The summed E-state index contributed by atoms with van der Waals surface area (Å²) in [6.07, 6.45) is 1.60. The Bertz CT molecular complexity index is 734. The van der Waals surface area contributed by atoms with E-state index >= 15 is 0 Å². The fourth-order valence-corrected chi connectivity index (χ4v) is 2.03. The van der Waals surface area contributed by atoms with Gasteiger partial charge in [0.05, 0.1) is 17.4 Å². The topological polar surface area (TPSA) is 77.8 Å². The third-order valence-corrected chi connectivity index (χ3v) is 2.84. The monoisotopic (exact) mass is 224 g/mol. The average Bonchev–Trinajstić information content (AvgIpc) is 2.28. The predicted octanol–water partition coefficient (Wildman–Crippen LogP) is 2.26. The van der Waals surface area contributed by atoms with Crippen LogP contribution in [-0.2, 0) is 0 Å². The van der Waals surface area contributed by atoms with Crippen molar-refractivity contribution in [2.45, 2.75) is 6.92 Å². The second kappa shape index (κ2) is 3.31. The summed E-state index contributed by atoms with van der Waals surface area (Å²) in [5.41, 5.74) is 15.0. The van der Waals surface area contributed by atoms with Crippen LogP contribution < -0.4 is 11.5 Å². The number of pyridine rings is 2. The van der Waals surface area contributed by atoms with Crippen molar-refractivity contribution in [1.29, 1.82) is 0 Å². The third-order valence-electron chi connectivity index (χ3n) is 2.84. The molecule has 4 heteroatoms. The van der Waals surface area contributed by atoms with Gasteiger partial charge in [0, 0.05) is 10.8 Å². The molecule has 0 saturated heterocycles. The zero-order valence-corrected chi connectivity index (χ0v) is 9.44. The maximum absolute atomic E-state index is 5.91. The Kier molecular flexibility index (Phi) is 1.92. The number of benzene rings is 1. The summed E-state index contributed by atoms with van der Waals surface area (Å²) in [5.74, 6) is 0.443. The maximum Gasteiger partial charge on any atom is 0.150 e. The Morgan fingerprint density at radius 1 is 1.06 bits per heavy atom. The molecule has 4 N–H and O–H groups in total. The largest absolute Gasteiger partial charge is 0.397 e. The van der Waals surface area contributed by atoms with Gasteiger partial charge in [-0.1, -0.05) is 12.1 Å². The van der Waals surface area contributed by atoms with Crippen molar-refractivity contribution in [3.8, 4) is 0 Å². The summed E-state index contributed by atoms with van der Waals surface area (Å²) < 4.78 is 0. The van der Waals surface area contributed by atoms with Crippen LogP contribution in [0.1, 0.15) is 5.56 Å². The minimum Gasteiger partial charge on any atom is -0.397 e. The highest BCUT2D eigenvalue weighted by Gasteiger charge is 2.07. The van der Waals surface area contributed by atoms with Gasteiger partial charge in [-0.2, -0.15) is 0 Å². The molecule has 0 spiro atoms. The molecule has 0 aliphatic heterocycles. The summed E-state index contributed by atoms with van der Waals surface area (Å²) in [4.78, 5) is 8.61. The standard InChI is InChI=1S/C13H12N4/c1-7-2-3-9-10-5-8(14)6-16-12(10)13(15)17-11(9)4-7/h2-6H,14H2,1H3,(H2,15,17). The molecule has 3 rings (SSSR count). The van der Waals surface area contributed by atoms with Gasteiger partial charge in [-0.05, 0) is 24.6 Å². The molecule has 0 fully saturated rings. The lowest BCUT2D eigenvalue weighted by atomic mass is 10.1. The van der Waals surface area contributed by atoms with Gasteiger partial charge >= 0.3 is 0 Å². The van der Waals surface area contributed by atoms with E-state index in [4.69, 9.17) is 11.5 Å². The van der Waals surface area contributed by atoms with Crippen LogP contribution in [0.3, 0.4) is 0 Å². The Hall–Kier alpha value is -2.36. The van der Waals surface area contributed by atoms with Gasteiger partial charge in [-0.25, -0.2) is 4.98 Å². The van der Waals surface area contributed by atoms with Crippen LogP contribution in [0.25, 0.3) is 21.8 Å². The molecule has 2 heterocycles. The quantitative estimate of drug-likeness (QED) is 0.574. The van der Waals surface area contributed by atoms with E-state index < -0.39 is 0 Å². The Labute approximate surface area is 98.3 Å². The van der Waals surface area contributed by atoms with E-state index in [0.29, 0.717) is 17.0 Å². The molecule has 0 aliphatic carbocycles. The molecule has 0 unspecified atom stereocenters. The second-order valence-electron chi connectivity index (χ2n) is 4.18. The van der Waals surface area contributed by atoms with Crippen molar-refractivity contribution in [3.05, 3.63) is 36.0 Å². The highest BCUT2D eigenvalue weighted by atomic mass is 14.9. The van der Waals surface area contributed by atoms with E-state index in [9.17, 15) is 0 Å². The van der Waals surface area contributed by atoms with Crippen molar-refractivity contribution in [2.24, 2.45) is 0 Å². The first-order valence-electron chi connectivity index (χ1n) is 5.36. The Balaban J connectivity index is 2.57. The zero-order chi connectivity index (χ0) is 12.0. The molecule has 0 bridgehead atoms. The summed E-state index contributed by atoms with van der Waals surface area (Å²) >= 11 is 0. The van der Waals surface area contributed by atoms with Gasteiger partial charge in [0.15, 0.2) is 5.82 Å². The van der Waals surface area contributed by atoms with E-state index in [2.05, 4.69) is 9.97 Å². The minimum absolute atomic E-state index is 0.443. The maximum atomic E-state index is 5.91. The van der Waals surface area contributed by atoms with Gasteiger partial charge in [0.25, 0.3) is 0 Å². The molecule has 0 amide bonds. The van der Waals surface area contributed by atoms with Crippen molar-refractivity contribution < 1.29 is 0 Å². The fourth-order valence-electron chi connectivity index (χ4n) is 2.03. The first-order valence-corrected chi connectivity index (χ1v) is 5.36. The fraction of sp³-hybridized carbons (Fsp3) is 0.0769. The van der Waals surface area contributed by atoms with E-state index in [1.807, 2.05) is 31.2 Å². The van der Waals surface area contributed by atoms with Gasteiger partial charge in [0.1, 0.15) is 5.52 Å². The molecule has 17 heavy (non-hydrogen) atoms. The lowest BCUT2D eigenvalue weighted by molar-refractivity contribution is 1.35.